The lowest BCUT2D eigenvalue weighted by Gasteiger charge is -2.27. The lowest BCUT2D eigenvalue weighted by molar-refractivity contribution is -0.0439. The molecule has 8 heteroatoms. The minimum absolute atomic E-state index is 0.177. The van der Waals surface area contributed by atoms with E-state index in [2.05, 4.69) is 5.32 Å². The minimum atomic E-state index is -0.862. The molecule has 2 aliphatic heterocycles. The third-order valence-corrected chi connectivity index (χ3v) is 7.67. The Kier molecular flexibility index (Phi) is 7.36. The molecule has 0 radical (unpaired) electrons. The summed E-state index contributed by atoms with van der Waals surface area (Å²) in [6.07, 6.45) is 7.59. The average Bonchev–Trinajstić information content (AvgIpc) is 3.42. The Morgan fingerprint density at radius 1 is 1.18 bits per heavy atom. The Morgan fingerprint density at radius 2 is 1.97 bits per heavy atom. The molecule has 3 aliphatic rings. The van der Waals surface area contributed by atoms with E-state index < -0.39 is 17.4 Å². The van der Waals surface area contributed by atoms with Crippen LogP contribution < -0.4 is 19.5 Å². The van der Waals surface area contributed by atoms with Crippen LogP contribution in [0.1, 0.15) is 68.8 Å². The molecule has 0 spiro atoms. The van der Waals surface area contributed by atoms with E-state index in [4.69, 9.17) is 14.2 Å². The number of hydrogen-bond donors (Lipinski definition) is 1. The lowest BCUT2D eigenvalue weighted by Crippen LogP contribution is -2.43. The zero-order valence-electron chi connectivity index (χ0n) is 22.5. The van der Waals surface area contributed by atoms with Crippen molar-refractivity contribution in [1.29, 1.82) is 0 Å². The minimum Gasteiger partial charge on any atom is -0.493 e. The summed E-state index contributed by atoms with van der Waals surface area (Å²) < 4.78 is 45.0. The zero-order valence-corrected chi connectivity index (χ0v) is 22.5. The van der Waals surface area contributed by atoms with Crippen LogP contribution >= 0.6 is 0 Å². The second kappa shape index (κ2) is 10.6. The first kappa shape index (κ1) is 26.5. The maximum Gasteiger partial charge on any atom is 0.254 e. The van der Waals surface area contributed by atoms with E-state index in [1.807, 2.05) is 6.92 Å². The van der Waals surface area contributed by atoms with Crippen molar-refractivity contribution in [2.45, 2.75) is 70.7 Å². The number of halogens is 2. The highest BCUT2D eigenvalue weighted by molar-refractivity contribution is 5.96. The van der Waals surface area contributed by atoms with Crippen LogP contribution in [0, 0.1) is 17.6 Å². The fraction of sp³-hybridized carbons (Fsp3) is 0.500. The van der Waals surface area contributed by atoms with Gasteiger partial charge in [0.15, 0.2) is 11.5 Å². The fourth-order valence-electron chi connectivity index (χ4n) is 6.03. The number of ether oxygens (including phenoxy) is 3. The monoisotopic (exact) mass is 526 g/mol. The number of nitrogens with one attached hydrogen (secondary N) is 1. The Morgan fingerprint density at radius 3 is 2.71 bits per heavy atom. The molecule has 0 aromatic heterocycles. The van der Waals surface area contributed by atoms with Crippen LogP contribution in [0.4, 0.5) is 8.78 Å². The summed E-state index contributed by atoms with van der Waals surface area (Å²) in [5, 5.41) is 3.76. The van der Waals surface area contributed by atoms with Crippen LogP contribution in [0.2, 0.25) is 0 Å². The highest BCUT2D eigenvalue weighted by Gasteiger charge is 2.38. The Balaban J connectivity index is 1.42. The standard InChI is InChI=1S/C30H36F2N2O4/c1-18(11-19-9-10-22(31)15-24(19)32)16-34(17-23-12-20-7-5-6-8-25(20)33-23)29(35)21-13-26(36-4)28-27(14-21)37-30(2,3)38-28/h9-11,13-15,20,23,25,33H,5-8,12,16-17H2,1-4H3/t20-,23-,25-/m0/s1. The Bertz CT molecular complexity index is 1230. The molecule has 3 atom stereocenters. The number of methoxy groups -OCH3 is 1. The van der Waals surface area contributed by atoms with Crippen molar-refractivity contribution in [3.63, 3.8) is 0 Å². The third kappa shape index (κ3) is 5.65. The normalized spacial score (nSPS) is 23.7. The second-order valence-corrected chi connectivity index (χ2v) is 11.2. The van der Waals surface area contributed by atoms with E-state index in [0.29, 0.717) is 47.9 Å². The first-order valence-electron chi connectivity index (χ1n) is 13.4. The number of amides is 1. The molecular weight excluding hydrogens is 490 g/mol. The summed E-state index contributed by atoms with van der Waals surface area (Å²) in [5.74, 6) is -0.281. The van der Waals surface area contributed by atoms with Gasteiger partial charge in [-0.3, -0.25) is 4.79 Å². The van der Waals surface area contributed by atoms with E-state index in [-0.39, 0.29) is 17.5 Å². The summed E-state index contributed by atoms with van der Waals surface area (Å²) in [5.41, 5.74) is 1.50. The number of benzene rings is 2. The van der Waals surface area contributed by atoms with Crippen molar-refractivity contribution in [1.82, 2.24) is 10.2 Å². The first-order chi connectivity index (χ1) is 18.1. The van der Waals surface area contributed by atoms with Gasteiger partial charge in [-0.25, -0.2) is 8.78 Å². The third-order valence-electron chi connectivity index (χ3n) is 7.67. The number of hydrogen-bond acceptors (Lipinski definition) is 5. The van der Waals surface area contributed by atoms with Crippen molar-refractivity contribution in [3.05, 3.63) is 58.7 Å². The van der Waals surface area contributed by atoms with Gasteiger partial charge < -0.3 is 24.4 Å². The molecule has 5 rings (SSSR count). The molecule has 6 nitrogen and oxygen atoms in total. The Hall–Kier alpha value is -3.13. The molecule has 1 saturated heterocycles. The first-order valence-corrected chi connectivity index (χ1v) is 13.4. The maximum absolute atomic E-state index is 14.3. The maximum atomic E-state index is 14.3. The topological polar surface area (TPSA) is 60.0 Å². The average molecular weight is 527 g/mol. The molecule has 1 aliphatic carbocycles. The van der Waals surface area contributed by atoms with Gasteiger partial charge in [-0.05, 0) is 56.4 Å². The van der Waals surface area contributed by atoms with E-state index in [9.17, 15) is 13.6 Å². The van der Waals surface area contributed by atoms with Gasteiger partial charge in [0.1, 0.15) is 11.6 Å². The van der Waals surface area contributed by atoms with Crippen molar-refractivity contribution < 1.29 is 27.8 Å². The molecule has 1 N–H and O–H groups in total. The molecule has 38 heavy (non-hydrogen) atoms. The van der Waals surface area contributed by atoms with Gasteiger partial charge in [0.2, 0.25) is 11.5 Å². The van der Waals surface area contributed by atoms with Crippen LogP contribution in [0.3, 0.4) is 0 Å². The summed E-state index contributed by atoms with van der Waals surface area (Å²) in [7, 11) is 1.53. The Labute approximate surface area is 222 Å². The van der Waals surface area contributed by atoms with Crippen molar-refractivity contribution >= 4 is 12.0 Å². The lowest BCUT2D eigenvalue weighted by atomic mass is 9.85. The van der Waals surface area contributed by atoms with Crippen molar-refractivity contribution in [2.24, 2.45) is 5.92 Å². The van der Waals surface area contributed by atoms with Crippen LogP contribution in [0.5, 0.6) is 17.2 Å². The van der Waals surface area contributed by atoms with Crippen molar-refractivity contribution in [2.75, 3.05) is 20.2 Å². The quantitative estimate of drug-likeness (QED) is 0.483. The summed E-state index contributed by atoms with van der Waals surface area (Å²) in [4.78, 5) is 15.8. The smallest absolute Gasteiger partial charge is 0.254 e. The van der Waals surface area contributed by atoms with E-state index in [0.717, 1.165) is 18.1 Å². The largest absolute Gasteiger partial charge is 0.493 e. The molecule has 1 saturated carbocycles. The number of carbonyl (C=O) groups is 1. The molecule has 0 unspecified atom stereocenters. The van der Waals surface area contributed by atoms with Gasteiger partial charge in [0.05, 0.1) is 7.11 Å². The molecule has 2 heterocycles. The molecule has 204 valence electrons. The van der Waals surface area contributed by atoms with Crippen LogP contribution in [0.25, 0.3) is 6.08 Å². The molecular formula is C30H36F2N2O4. The van der Waals surface area contributed by atoms with Gasteiger partial charge in [-0.1, -0.05) is 24.5 Å². The van der Waals surface area contributed by atoms with E-state index in [1.54, 1.807) is 37.0 Å². The van der Waals surface area contributed by atoms with Gasteiger partial charge in [0.25, 0.3) is 5.91 Å². The SMILES string of the molecule is COc1cc(C(=O)N(CC(C)=Cc2ccc(F)cc2F)C[C@@H]2C[C@@H]3CCCC[C@@H]3N2)cc2c1OC(C)(C)O2. The molecule has 2 aromatic carbocycles. The highest BCUT2D eigenvalue weighted by Crippen LogP contribution is 2.47. The highest BCUT2D eigenvalue weighted by atomic mass is 19.1. The van der Waals surface area contributed by atoms with Crippen molar-refractivity contribution in [3.8, 4) is 17.2 Å². The van der Waals surface area contributed by atoms with Crippen LogP contribution in [0.15, 0.2) is 35.9 Å². The second-order valence-electron chi connectivity index (χ2n) is 11.2. The van der Waals surface area contributed by atoms with Gasteiger partial charge in [-0.2, -0.15) is 0 Å². The number of fused-ring (bicyclic) bond motifs is 2. The summed E-state index contributed by atoms with van der Waals surface area (Å²) in [6.45, 7) is 6.27. The molecule has 1 amide bonds. The zero-order chi connectivity index (χ0) is 27.0. The predicted octanol–water partition coefficient (Wildman–Crippen LogP) is 5.95. The number of rotatable bonds is 7. The van der Waals surface area contributed by atoms with Crippen LogP contribution in [-0.2, 0) is 0 Å². The number of nitrogens with zero attached hydrogens (tertiary/aromatic N) is 1. The van der Waals surface area contributed by atoms with E-state index >= 15 is 0 Å². The summed E-state index contributed by atoms with van der Waals surface area (Å²) >= 11 is 0. The molecule has 2 aromatic rings. The predicted molar refractivity (Wildman–Crippen MR) is 142 cm³/mol. The van der Waals surface area contributed by atoms with Crippen LogP contribution in [-0.4, -0.2) is 48.9 Å². The van der Waals surface area contributed by atoms with Gasteiger partial charge in [-0.15, -0.1) is 0 Å². The van der Waals surface area contributed by atoms with Gasteiger partial charge in [0, 0.05) is 56.2 Å². The molecule has 0 bridgehead atoms. The van der Waals surface area contributed by atoms with Gasteiger partial charge >= 0.3 is 0 Å². The molecule has 2 fully saturated rings. The number of carbonyl (C=O) groups excluding carboxylic acids is 1. The van der Waals surface area contributed by atoms with E-state index in [1.165, 1.54) is 44.9 Å². The fourth-order valence-corrected chi connectivity index (χ4v) is 6.03. The summed E-state index contributed by atoms with van der Waals surface area (Å²) in [6, 6.07) is 7.57.